The number of carbonyl (C=O) groups excluding carboxylic acids is 2. The SMILES string of the molecule is O=C(C[N+]12CCC(CC1)[C@@H](OC(=O)C(Nc1ccccc1)c1cccc3ccsc13)C2)C1CC=CS1. The summed E-state index contributed by atoms with van der Waals surface area (Å²) in [4.78, 5) is 26.9. The van der Waals surface area contributed by atoms with Gasteiger partial charge in [-0.1, -0.05) is 42.5 Å². The van der Waals surface area contributed by atoms with Crippen molar-refractivity contribution in [2.45, 2.75) is 36.7 Å². The van der Waals surface area contributed by atoms with Crippen LogP contribution in [0.3, 0.4) is 0 Å². The lowest BCUT2D eigenvalue weighted by Crippen LogP contribution is -2.66. The highest BCUT2D eigenvalue weighted by Gasteiger charge is 2.49. The number of anilines is 1. The molecule has 4 aliphatic heterocycles. The van der Waals surface area contributed by atoms with Gasteiger partial charge in [0.2, 0.25) is 0 Å². The van der Waals surface area contributed by atoms with Gasteiger partial charge in [0.25, 0.3) is 0 Å². The molecular formula is C29H31N2O3S2+. The van der Waals surface area contributed by atoms with Crippen LogP contribution in [0.1, 0.15) is 30.9 Å². The monoisotopic (exact) mass is 519 g/mol. The summed E-state index contributed by atoms with van der Waals surface area (Å²) in [7, 11) is 0. The molecule has 1 N–H and O–H groups in total. The van der Waals surface area contributed by atoms with Crippen LogP contribution in [0.4, 0.5) is 5.69 Å². The van der Waals surface area contributed by atoms with E-state index in [0.717, 1.165) is 64.7 Å². The third-order valence-electron chi connectivity index (χ3n) is 7.99. The first-order valence-corrected chi connectivity index (χ1v) is 14.6. The number of benzene rings is 2. The summed E-state index contributed by atoms with van der Waals surface area (Å²) < 4.78 is 8.20. The van der Waals surface area contributed by atoms with Crippen molar-refractivity contribution < 1.29 is 18.8 Å². The zero-order chi connectivity index (χ0) is 24.5. The smallest absolute Gasteiger partial charge is 0.333 e. The van der Waals surface area contributed by atoms with E-state index in [1.54, 1.807) is 23.1 Å². The van der Waals surface area contributed by atoms with Crippen molar-refractivity contribution >= 4 is 50.6 Å². The first-order valence-electron chi connectivity index (χ1n) is 12.8. The lowest BCUT2D eigenvalue weighted by atomic mass is 9.82. The van der Waals surface area contributed by atoms with Gasteiger partial charge >= 0.3 is 5.97 Å². The average molecular weight is 520 g/mol. The minimum Gasteiger partial charge on any atom is -0.454 e. The van der Waals surface area contributed by atoms with Crippen LogP contribution in [0.2, 0.25) is 0 Å². The molecule has 3 aromatic rings. The van der Waals surface area contributed by atoms with Gasteiger partial charge in [-0.25, -0.2) is 4.79 Å². The van der Waals surface area contributed by atoms with Crippen molar-refractivity contribution in [2.75, 3.05) is 31.5 Å². The number of esters is 1. The first kappa shape index (κ1) is 23.8. The fraction of sp³-hybridized carbons (Fsp3) is 0.379. The summed E-state index contributed by atoms with van der Waals surface area (Å²) >= 11 is 3.29. The van der Waals surface area contributed by atoms with Gasteiger partial charge in [-0.2, -0.15) is 0 Å². The van der Waals surface area contributed by atoms with Gasteiger partial charge < -0.3 is 14.5 Å². The molecule has 2 unspecified atom stereocenters. The number of rotatable bonds is 8. The van der Waals surface area contributed by atoms with Crippen LogP contribution in [-0.4, -0.2) is 53.8 Å². The second kappa shape index (κ2) is 10.0. The molecular weight excluding hydrogens is 488 g/mol. The van der Waals surface area contributed by atoms with Crippen molar-refractivity contribution in [1.29, 1.82) is 0 Å². The molecule has 2 bridgehead atoms. The quantitative estimate of drug-likeness (QED) is 0.301. The van der Waals surface area contributed by atoms with Crippen LogP contribution >= 0.6 is 23.1 Å². The second-order valence-corrected chi connectivity index (χ2v) is 12.3. The Kier molecular flexibility index (Phi) is 6.63. The molecule has 1 aromatic heterocycles. The summed E-state index contributed by atoms with van der Waals surface area (Å²) in [6.45, 7) is 3.32. The maximum absolute atomic E-state index is 13.8. The number of piperidine rings is 3. The van der Waals surface area contributed by atoms with Gasteiger partial charge in [-0.05, 0) is 40.8 Å². The Labute approximate surface area is 220 Å². The molecule has 7 heteroatoms. The van der Waals surface area contributed by atoms with E-state index in [9.17, 15) is 9.59 Å². The van der Waals surface area contributed by atoms with Crippen molar-refractivity contribution in [1.82, 2.24) is 0 Å². The lowest BCUT2D eigenvalue weighted by molar-refractivity contribution is -0.939. The number of Topliss-reactive ketones (excluding diaryl/α,β-unsaturated/α-hetero) is 1. The number of carbonyl (C=O) groups is 2. The van der Waals surface area contributed by atoms with Crippen molar-refractivity contribution in [3.8, 4) is 0 Å². The average Bonchev–Trinajstić information content (AvgIpc) is 3.61. The molecule has 0 amide bonds. The molecule has 3 saturated heterocycles. The van der Waals surface area contributed by atoms with E-state index < -0.39 is 6.04 Å². The number of quaternary nitrogens is 1. The van der Waals surface area contributed by atoms with Crippen molar-refractivity contribution in [3.63, 3.8) is 0 Å². The molecule has 2 aromatic carbocycles. The zero-order valence-corrected chi connectivity index (χ0v) is 21.8. The van der Waals surface area contributed by atoms with Crippen molar-refractivity contribution in [3.05, 3.63) is 77.0 Å². The van der Waals surface area contributed by atoms with E-state index >= 15 is 0 Å². The maximum atomic E-state index is 13.8. The highest BCUT2D eigenvalue weighted by molar-refractivity contribution is 8.03. The zero-order valence-electron chi connectivity index (χ0n) is 20.2. The maximum Gasteiger partial charge on any atom is 0.333 e. The van der Waals surface area contributed by atoms with E-state index in [0.29, 0.717) is 18.2 Å². The molecule has 3 atom stereocenters. The molecule has 36 heavy (non-hydrogen) atoms. The van der Waals surface area contributed by atoms with Crippen LogP contribution in [-0.2, 0) is 14.3 Å². The van der Waals surface area contributed by atoms with Crippen LogP contribution in [0.5, 0.6) is 0 Å². The van der Waals surface area contributed by atoms with Gasteiger partial charge in [-0.15, -0.1) is 23.1 Å². The topological polar surface area (TPSA) is 55.4 Å². The standard InChI is InChI=1S/C29H31N2O3S2/c32-24(26-10-5-16-35-26)18-31-14-11-20(12-15-31)25(19-31)34-29(33)27(30-22-7-2-1-3-8-22)23-9-4-6-21-13-17-36-28(21)23/h1-9,13,16-17,20,25-27,30H,10-12,14-15,18-19H2/q+1/t20?,25-,26?,27?,31?/m0/s1. The van der Waals surface area contributed by atoms with Crippen LogP contribution in [0.15, 0.2) is 71.5 Å². The number of hydrogen-bond acceptors (Lipinski definition) is 6. The molecule has 3 fully saturated rings. The minimum atomic E-state index is -0.596. The highest BCUT2D eigenvalue weighted by Crippen LogP contribution is 2.38. The number of thioether (sulfide) groups is 1. The Bertz CT molecular complexity index is 1270. The number of nitrogens with zero attached hydrogens (tertiary/aromatic N) is 1. The third kappa shape index (κ3) is 4.72. The van der Waals surface area contributed by atoms with Crippen LogP contribution in [0.25, 0.3) is 10.1 Å². The molecule has 186 valence electrons. The molecule has 5 nitrogen and oxygen atoms in total. The Morgan fingerprint density at radius 2 is 1.89 bits per heavy atom. The third-order valence-corrected chi connectivity index (χ3v) is 10.1. The van der Waals surface area contributed by atoms with Gasteiger partial charge in [0.1, 0.15) is 13.1 Å². The van der Waals surface area contributed by atoms with E-state index in [-0.39, 0.29) is 17.3 Å². The van der Waals surface area contributed by atoms with Gasteiger partial charge in [0.05, 0.1) is 18.3 Å². The number of ether oxygens (including phenoxy) is 1. The lowest BCUT2D eigenvalue weighted by Gasteiger charge is -2.52. The van der Waals surface area contributed by atoms with E-state index in [1.807, 2.05) is 47.9 Å². The predicted octanol–water partition coefficient (Wildman–Crippen LogP) is 5.80. The first-order chi connectivity index (χ1) is 17.6. The van der Waals surface area contributed by atoms with E-state index in [1.165, 1.54) is 0 Å². The molecule has 4 aliphatic rings. The number of ketones is 1. The summed E-state index contributed by atoms with van der Waals surface area (Å²) in [5.41, 5.74) is 1.83. The number of fused-ring (bicyclic) bond motifs is 4. The number of allylic oxidation sites excluding steroid dienone is 1. The minimum absolute atomic E-state index is 0.0592. The Morgan fingerprint density at radius 1 is 1.06 bits per heavy atom. The summed E-state index contributed by atoms with van der Waals surface area (Å²) in [5, 5.41) is 8.76. The molecule has 7 rings (SSSR count). The number of para-hydroxylation sites is 1. The fourth-order valence-corrected chi connectivity index (χ4v) is 7.83. The van der Waals surface area contributed by atoms with Gasteiger partial charge in [-0.3, -0.25) is 4.79 Å². The van der Waals surface area contributed by atoms with Crippen LogP contribution < -0.4 is 5.32 Å². The van der Waals surface area contributed by atoms with Crippen molar-refractivity contribution in [2.24, 2.45) is 5.92 Å². The Hall–Kier alpha value is -2.61. The summed E-state index contributed by atoms with van der Waals surface area (Å²) in [5.74, 6) is 0.475. The number of thiophene rings is 1. The molecule has 0 saturated carbocycles. The highest BCUT2D eigenvalue weighted by atomic mass is 32.2. The fourth-order valence-electron chi connectivity index (χ4n) is 6.03. The van der Waals surface area contributed by atoms with Gasteiger partial charge in [0, 0.05) is 34.7 Å². The summed E-state index contributed by atoms with van der Waals surface area (Å²) in [6.07, 6.45) is 4.81. The molecule has 0 radical (unpaired) electrons. The predicted molar refractivity (Wildman–Crippen MR) is 147 cm³/mol. The number of hydrogen-bond donors (Lipinski definition) is 1. The normalized spacial score (nSPS) is 27.7. The molecule has 0 spiro atoms. The Morgan fingerprint density at radius 3 is 2.67 bits per heavy atom. The van der Waals surface area contributed by atoms with E-state index in [4.69, 9.17) is 4.74 Å². The molecule has 5 heterocycles. The largest absolute Gasteiger partial charge is 0.454 e. The van der Waals surface area contributed by atoms with Crippen LogP contribution in [0, 0.1) is 5.92 Å². The summed E-state index contributed by atoms with van der Waals surface area (Å²) in [6, 6.07) is 17.5. The molecule has 0 aliphatic carbocycles. The number of nitrogens with one attached hydrogen (secondary N) is 1. The second-order valence-electron chi connectivity index (χ2n) is 10.3. The van der Waals surface area contributed by atoms with Gasteiger partial charge in [0.15, 0.2) is 17.9 Å². The van der Waals surface area contributed by atoms with E-state index in [2.05, 4.69) is 28.9 Å². The Balaban J connectivity index is 1.22.